The lowest BCUT2D eigenvalue weighted by atomic mass is 9.91. The highest BCUT2D eigenvalue weighted by molar-refractivity contribution is 7.90. The van der Waals surface area contributed by atoms with Gasteiger partial charge in [0, 0.05) is 24.2 Å². The molecule has 0 radical (unpaired) electrons. The Bertz CT molecular complexity index is 987. The third-order valence-electron chi connectivity index (χ3n) is 6.29. The molecule has 31 heavy (non-hydrogen) atoms. The van der Waals surface area contributed by atoms with Crippen molar-refractivity contribution in [2.75, 3.05) is 19.6 Å². The number of piperidine rings is 1. The quantitative estimate of drug-likeness (QED) is 0.662. The van der Waals surface area contributed by atoms with Gasteiger partial charge in [0.15, 0.2) is 9.84 Å². The standard InChI is InChI=1S/C25H34N2O3S/c1-4-20-12-9-15-27(17-20)25(2,3)19-26-24(28)22-13-8-14-23(16-22)31(29,30)18-21-10-6-5-7-11-21/h5-8,10-11,13-14,16,20H,4,9,12,15,17-19H2,1-3H3,(H,26,28). The van der Waals surface area contributed by atoms with Gasteiger partial charge in [0.25, 0.3) is 5.91 Å². The minimum atomic E-state index is -3.53. The number of likely N-dealkylation sites (tertiary alicyclic amines) is 1. The number of sulfone groups is 1. The molecule has 6 heteroatoms. The molecule has 2 aromatic carbocycles. The van der Waals surface area contributed by atoms with Crippen LogP contribution in [0.5, 0.6) is 0 Å². The van der Waals surface area contributed by atoms with Gasteiger partial charge in [0.2, 0.25) is 0 Å². The molecule has 1 unspecified atom stereocenters. The largest absolute Gasteiger partial charge is 0.350 e. The zero-order valence-corrected chi connectivity index (χ0v) is 19.6. The Balaban J connectivity index is 1.66. The lowest BCUT2D eigenvalue weighted by molar-refractivity contribution is 0.0612. The van der Waals surface area contributed by atoms with Crippen molar-refractivity contribution in [1.29, 1.82) is 0 Å². The van der Waals surface area contributed by atoms with E-state index in [1.807, 2.05) is 18.2 Å². The number of carbonyl (C=O) groups is 1. The molecule has 0 aromatic heterocycles. The van der Waals surface area contributed by atoms with Crippen molar-refractivity contribution >= 4 is 15.7 Å². The maximum atomic E-state index is 12.8. The first-order chi connectivity index (χ1) is 14.7. The van der Waals surface area contributed by atoms with Crippen molar-refractivity contribution in [2.24, 2.45) is 5.92 Å². The van der Waals surface area contributed by atoms with E-state index in [-0.39, 0.29) is 22.1 Å². The molecule has 3 rings (SSSR count). The highest BCUT2D eigenvalue weighted by Gasteiger charge is 2.31. The molecule has 1 N–H and O–H groups in total. The van der Waals surface area contributed by atoms with Crippen LogP contribution in [-0.2, 0) is 15.6 Å². The van der Waals surface area contributed by atoms with Gasteiger partial charge < -0.3 is 5.32 Å². The number of amides is 1. The predicted octanol–water partition coefficient (Wildman–Crippen LogP) is 4.29. The van der Waals surface area contributed by atoms with Crippen LogP contribution in [0.1, 0.15) is 56.0 Å². The second-order valence-electron chi connectivity index (χ2n) is 9.13. The monoisotopic (exact) mass is 442 g/mol. The van der Waals surface area contributed by atoms with Crippen molar-refractivity contribution in [1.82, 2.24) is 10.2 Å². The van der Waals surface area contributed by atoms with E-state index in [9.17, 15) is 13.2 Å². The number of benzene rings is 2. The van der Waals surface area contributed by atoms with Gasteiger partial charge in [0.05, 0.1) is 10.6 Å². The molecule has 1 fully saturated rings. The number of carbonyl (C=O) groups excluding carboxylic acids is 1. The molecule has 0 saturated carbocycles. The zero-order chi connectivity index (χ0) is 22.5. The Morgan fingerprint density at radius 1 is 1.13 bits per heavy atom. The Hall–Kier alpha value is -2.18. The van der Waals surface area contributed by atoms with E-state index in [0.717, 1.165) is 24.6 Å². The minimum Gasteiger partial charge on any atom is -0.350 e. The SMILES string of the molecule is CCC1CCCN(C(C)(C)CNC(=O)c2cccc(S(=O)(=O)Cc3ccccc3)c2)C1. The molecule has 1 aliphatic heterocycles. The molecular formula is C25H34N2O3S. The van der Waals surface area contributed by atoms with Crippen LogP contribution in [-0.4, -0.2) is 44.4 Å². The van der Waals surface area contributed by atoms with Crippen LogP contribution in [0.3, 0.4) is 0 Å². The first-order valence-electron chi connectivity index (χ1n) is 11.1. The number of nitrogens with zero attached hydrogens (tertiary/aromatic N) is 1. The summed E-state index contributed by atoms with van der Waals surface area (Å²) in [5.74, 6) is 0.392. The van der Waals surface area contributed by atoms with Gasteiger partial charge in [-0.2, -0.15) is 0 Å². The number of rotatable bonds is 8. The van der Waals surface area contributed by atoms with E-state index in [0.29, 0.717) is 12.1 Å². The summed E-state index contributed by atoms with van der Waals surface area (Å²) >= 11 is 0. The Morgan fingerprint density at radius 3 is 2.58 bits per heavy atom. The summed E-state index contributed by atoms with van der Waals surface area (Å²) in [5.41, 5.74) is 0.946. The molecule has 1 saturated heterocycles. The average Bonchev–Trinajstić information content (AvgIpc) is 2.78. The van der Waals surface area contributed by atoms with Crippen LogP contribution in [0.4, 0.5) is 0 Å². The number of hydrogen-bond donors (Lipinski definition) is 1. The van der Waals surface area contributed by atoms with Gasteiger partial charge in [-0.1, -0.05) is 49.7 Å². The van der Waals surface area contributed by atoms with Crippen molar-refractivity contribution in [3.63, 3.8) is 0 Å². The molecule has 168 valence electrons. The lowest BCUT2D eigenvalue weighted by Gasteiger charge is -2.43. The van der Waals surface area contributed by atoms with E-state index >= 15 is 0 Å². The summed E-state index contributed by atoms with van der Waals surface area (Å²) < 4.78 is 25.6. The molecule has 1 amide bonds. The molecule has 0 spiro atoms. The molecule has 2 aromatic rings. The van der Waals surface area contributed by atoms with Crippen LogP contribution in [0.25, 0.3) is 0 Å². The molecule has 0 aliphatic carbocycles. The minimum absolute atomic E-state index is 0.0838. The van der Waals surface area contributed by atoms with E-state index in [4.69, 9.17) is 0 Å². The topological polar surface area (TPSA) is 66.5 Å². The average molecular weight is 443 g/mol. The normalized spacial score (nSPS) is 18.0. The number of nitrogens with one attached hydrogen (secondary N) is 1. The second kappa shape index (κ2) is 9.96. The Morgan fingerprint density at radius 2 is 1.87 bits per heavy atom. The first-order valence-corrected chi connectivity index (χ1v) is 12.8. The first kappa shape index (κ1) is 23.5. The predicted molar refractivity (Wildman–Crippen MR) is 125 cm³/mol. The van der Waals surface area contributed by atoms with Gasteiger partial charge in [-0.15, -0.1) is 0 Å². The summed E-state index contributed by atoms with van der Waals surface area (Å²) in [4.78, 5) is 15.4. The summed E-state index contributed by atoms with van der Waals surface area (Å²) in [6.07, 6.45) is 3.65. The van der Waals surface area contributed by atoms with Crippen LogP contribution in [0.2, 0.25) is 0 Å². The highest BCUT2D eigenvalue weighted by Crippen LogP contribution is 2.25. The molecule has 1 heterocycles. The highest BCUT2D eigenvalue weighted by atomic mass is 32.2. The summed E-state index contributed by atoms with van der Waals surface area (Å²) in [6, 6.07) is 15.4. The van der Waals surface area contributed by atoms with E-state index in [1.165, 1.54) is 25.3 Å². The third kappa shape index (κ3) is 6.17. The fourth-order valence-electron chi connectivity index (χ4n) is 4.17. The molecule has 1 aliphatic rings. The van der Waals surface area contributed by atoms with Crippen molar-refractivity contribution in [3.05, 3.63) is 65.7 Å². The van der Waals surface area contributed by atoms with Gasteiger partial charge in [-0.3, -0.25) is 9.69 Å². The van der Waals surface area contributed by atoms with E-state index < -0.39 is 9.84 Å². The van der Waals surface area contributed by atoms with Gasteiger partial charge in [-0.25, -0.2) is 8.42 Å². The molecular weight excluding hydrogens is 408 g/mol. The summed E-state index contributed by atoms with van der Waals surface area (Å²) in [5, 5.41) is 3.02. The zero-order valence-electron chi connectivity index (χ0n) is 18.8. The fraction of sp³-hybridized carbons (Fsp3) is 0.480. The number of hydrogen-bond acceptors (Lipinski definition) is 4. The third-order valence-corrected chi connectivity index (χ3v) is 7.97. The smallest absolute Gasteiger partial charge is 0.251 e. The van der Waals surface area contributed by atoms with Crippen LogP contribution < -0.4 is 5.32 Å². The summed E-state index contributed by atoms with van der Waals surface area (Å²) in [7, 11) is -3.53. The lowest BCUT2D eigenvalue weighted by Crippen LogP contribution is -2.54. The molecule has 5 nitrogen and oxygen atoms in total. The fourth-order valence-corrected chi connectivity index (χ4v) is 5.56. The Kier molecular flexibility index (Phi) is 7.55. The van der Waals surface area contributed by atoms with Crippen LogP contribution in [0, 0.1) is 5.92 Å². The van der Waals surface area contributed by atoms with Crippen LogP contribution in [0.15, 0.2) is 59.5 Å². The van der Waals surface area contributed by atoms with Crippen LogP contribution >= 0.6 is 0 Å². The summed E-state index contributed by atoms with van der Waals surface area (Å²) in [6.45, 7) is 9.18. The van der Waals surface area contributed by atoms with Crippen molar-refractivity contribution in [3.8, 4) is 0 Å². The molecule has 0 bridgehead atoms. The van der Waals surface area contributed by atoms with Gasteiger partial charge in [0.1, 0.15) is 0 Å². The van der Waals surface area contributed by atoms with Crippen molar-refractivity contribution in [2.45, 2.75) is 56.2 Å². The van der Waals surface area contributed by atoms with Gasteiger partial charge in [-0.05, 0) is 62.9 Å². The van der Waals surface area contributed by atoms with Gasteiger partial charge >= 0.3 is 0 Å². The maximum Gasteiger partial charge on any atom is 0.251 e. The molecule has 1 atom stereocenters. The second-order valence-corrected chi connectivity index (χ2v) is 11.1. The van der Waals surface area contributed by atoms with Crippen molar-refractivity contribution < 1.29 is 13.2 Å². The van der Waals surface area contributed by atoms with E-state index in [2.05, 4.69) is 31.0 Å². The Labute approximate surface area is 186 Å². The maximum absolute atomic E-state index is 12.8. The van der Waals surface area contributed by atoms with E-state index in [1.54, 1.807) is 30.3 Å².